The highest BCUT2D eigenvalue weighted by atomic mass is 19.4. The lowest BCUT2D eigenvalue weighted by molar-refractivity contribution is -0.264. The van der Waals surface area contributed by atoms with Crippen molar-refractivity contribution >= 4 is 0 Å². The molecular weight excluding hydrogens is 183 g/mol. The van der Waals surface area contributed by atoms with Crippen molar-refractivity contribution in [1.82, 2.24) is 0 Å². The van der Waals surface area contributed by atoms with Crippen molar-refractivity contribution in [2.24, 2.45) is 0 Å². The number of aliphatic hydroxyl groups is 1. The number of hydrogen-bond acceptors (Lipinski definition) is 1. The first-order valence-electron chi connectivity index (χ1n) is 2.96. The molecule has 0 aliphatic carbocycles. The topological polar surface area (TPSA) is 20.2 Å². The fourth-order valence-corrected chi connectivity index (χ4v) is 0.489. The minimum absolute atomic E-state index is 0.424. The van der Waals surface area contributed by atoms with Gasteiger partial charge in [-0.1, -0.05) is 6.08 Å². The van der Waals surface area contributed by atoms with Crippen molar-refractivity contribution in [2.75, 3.05) is 6.61 Å². The van der Waals surface area contributed by atoms with Crippen LogP contribution in [0.1, 0.15) is 6.92 Å². The minimum Gasteiger partial charge on any atom is -0.392 e. The van der Waals surface area contributed by atoms with Crippen molar-refractivity contribution in [3.05, 3.63) is 11.6 Å². The van der Waals surface area contributed by atoms with E-state index < -0.39 is 24.3 Å². The summed E-state index contributed by atoms with van der Waals surface area (Å²) in [5.41, 5.74) is -1.20. The third-order valence-corrected chi connectivity index (χ3v) is 1.25. The van der Waals surface area contributed by atoms with E-state index in [9.17, 15) is 22.0 Å². The highest BCUT2D eigenvalue weighted by Crippen LogP contribution is 2.40. The molecule has 6 heteroatoms. The molecule has 1 N–H and O–H groups in total. The summed E-state index contributed by atoms with van der Waals surface area (Å²) in [6.07, 6.45) is -5.17. The maximum Gasteiger partial charge on any atom is 0.457 e. The van der Waals surface area contributed by atoms with E-state index >= 15 is 0 Å². The second-order valence-corrected chi connectivity index (χ2v) is 2.14. The summed E-state index contributed by atoms with van der Waals surface area (Å²) in [4.78, 5) is 0. The van der Waals surface area contributed by atoms with Gasteiger partial charge in [-0.15, -0.1) is 0 Å². The molecule has 0 aromatic carbocycles. The number of rotatable bonds is 2. The fraction of sp³-hybridized carbons (Fsp3) is 0.667. The Morgan fingerprint density at radius 1 is 1.25 bits per heavy atom. The van der Waals surface area contributed by atoms with Crippen LogP contribution < -0.4 is 0 Å². The predicted octanol–water partition coefficient (Wildman–Crippen LogP) is 2.12. The summed E-state index contributed by atoms with van der Waals surface area (Å²) in [5.74, 6) is -4.85. The molecule has 0 fully saturated rings. The average Bonchev–Trinajstić information content (AvgIpc) is 1.85. The highest BCUT2D eigenvalue weighted by Gasteiger charge is 2.58. The van der Waals surface area contributed by atoms with Crippen LogP contribution in [-0.4, -0.2) is 23.8 Å². The largest absolute Gasteiger partial charge is 0.457 e. The van der Waals surface area contributed by atoms with Gasteiger partial charge in [-0.05, 0) is 6.92 Å². The Labute approximate surface area is 65.5 Å². The molecule has 0 radical (unpaired) electrons. The number of allylic oxidation sites excluding steroid dienone is 1. The van der Waals surface area contributed by atoms with Crippen molar-refractivity contribution in [3.63, 3.8) is 0 Å². The average molecular weight is 190 g/mol. The normalized spacial score (nSPS) is 15.1. The van der Waals surface area contributed by atoms with Crippen LogP contribution in [0.3, 0.4) is 0 Å². The third kappa shape index (κ3) is 2.17. The van der Waals surface area contributed by atoms with Crippen LogP contribution in [0, 0.1) is 0 Å². The monoisotopic (exact) mass is 190 g/mol. The number of halogens is 5. The van der Waals surface area contributed by atoms with Gasteiger partial charge < -0.3 is 5.11 Å². The molecule has 0 amide bonds. The van der Waals surface area contributed by atoms with E-state index in [0.717, 1.165) is 0 Å². The van der Waals surface area contributed by atoms with E-state index in [1.807, 2.05) is 0 Å². The molecule has 0 aliphatic heterocycles. The van der Waals surface area contributed by atoms with Gasteiger partial charge in [0.05, 0.1) is 6.61 Å². The smallest absolute Gasteiger partial charge is 0.392 e. The SMILES string of the molecule is C/C(=C\CO)C(F)(F)C(F)(F)F. The highest BCUT2D eigenvalue weighted by molar-refractivity contribution is 5.12. The van der Waals surface area contributed by atoms with Gasteiger partial charge in [-0.25, -0.2) is 0 Å². The van der Waals surface area contributed by atoms with E-state index in [1.54, 1.807) is 0 Å². The summed E-state index contributed by atoms with van der Waals surface area (Å²) >= 11 is 0. The number of aliphatic hydroxyl groups excluding tert-OH is 1. The molecule has 0 aliphatic rings. The van der Waals surface area contributed by atoms with Crippen molar-refractivity contribution in [2.45, 2.75) is 19.0 Å². The van der Waals surface area contributed by atoms with Gasteiger partial charge in [0.25, 0.3) is 0 Å². The fourth-order valence-electron chi connectivity index (χ4n) is 0.489. The first-order chi connectivity index (χ1) is 5.23. The van der Waals surface area contributed by atoms with Crippen molar-refractivity contribution in [3.8, 4) is 0 Å². The molecule has 0 spiro atoms. The molecular formula is C6H7F5O. The zero-order chi connectivity index (χ0) is 9.99. The standard InChI is InChI=1S/C6H7F5O/c1-4(2-3-12)5(7,8)6(9,10)11/h2,12H,3H2,1H3/b4-2+. The second kappa shape index (κ2) is 3.38. The number of hydrogen-bond donors (Lipinski definition) is 1. The van der Waals surface area contributed by atoms with Crippen LogP contribution in [0.4, 0.5) is 22.0 Å². The second-order valence-electron chi connectivity index (χ2n) is 2.14. The molecule has 0 unspecified atom stereocenters. The van der Waals surface area contributed by atoms with Crippen molar-refractivity contribution < 1.29 is 27.1 Å². The van der Waals surface area contributed by atoms with Crippen LogP contribution in [0.15, 0.2) is 11.6 Å². The Kier molecular flexibility index (Phi) is 3.20. The third-order valence-electron chi connectivity index (χ3n) is 1.25. The molecule has 0 aromatic heterocycles. The van der Waals surface area contributed by atoms with E-state index in [-0.39, 0.29) is 0 Å². The molecule has 0 atom stereocenters. The van der Waals surface area contributed by atoms with Gasteiger partial charge >= 0.3 is 12.1 Å². The lowest BCUT2D eigenvalue weighted by Crippen LogP contribution is -2.37. The van der Waals surface area contributed by atoms with Crippen LogP contribution in [0.2, 0.25) is 0 Å². The van der Waals surface area contributed by atoms with Gasteiger partial charge in [-0.3, -0.25) is 0 Å². The summed E-state index contributed by atoms with van der Waals surface area (Å²) in [6, 6.07) is 0. The molecule has 0 aromatic rings. The molecule has 0 bridgehead atoms. The summed E-state index contributed by atoms with van der Waals surface area (Å²) in [5, 5.41) is 8.09. The summed E-state index contributed by atoms with van der Waals surface area (Å²) < 4.78 is 59.0. The summed E-state index contributed by atoms with van der Waals surface area (Å²) in [7, 11) is 0. The van der Waals surface area contributed by atoms with Crippen LogP contribution >= 0.6 is 0 Å². The van der Waals surface area contributed by atoms with Crippen LogP contribution in [0.25, 0.3) is 0 Å². The quantitative estimate of drug-likeness (QED) is 0.522. The maximum absolute atomic E-state index is 12.2. The Balaban J connectivity index is 4.73. The minimum atomic E-state index is -5.59. The molecule has 0 saturated carbocycles. The maximum atomic E-state index is 12.2. The van der Waals surface area contributed by atoms with E-state index in [4.69, 9.17) is 5.11 Å². The Bertz CT molecular complexity index is 181. The first-order valence-corrected chi connectivity index (χ1v) is 2.96. The van der Waals surface area contributed by atoms with E-state index in [1.165, 1.54) is 0 Å². The van der Waals surface area contributed by atoms with Gasteiger partial charge in [0.2, 0.25) is 0 Å². The first kappa shape index (κ1) is 11.4. The number of alkyl halides is 5. The molecule has 12 heavy (non-hydrogen) atoms. The lowest BCUT2D eigenvalue weighted by atomic mass is 10.1. The van der Waals surface area contributed by atoms with E-state index in [2.05, 4.69) is 0 Å². The van der Waals surface area contributed by atoms with Crippen molar-refractivity contribution in [1.29, 1.82) is 0 Å². The molecule has 72 valence electrons. The van der Waals surface area contributed by atoms with Gasteiger partial charge in [0.15, 0.2) is 0 Å². The molecule has 0 rings (SSSR count). The predicted molar refractivity (Wildman–Crippen MR) is 31.8 cm³/mol. The Morgan fingerprint density at radius 2 is 1.67 bits per heavy atom. The zero-order valence-electron chi connectivity index (χ0n) is 6.12. The van der Waals surface area contributed by atoms with Gasteiger partial charge in [0, 0.05) is 5.57 Å². The van der Waals surface area contributed by atoms with Gasteiger partial charge in [-0.2, -0.15) is 22.0 Å². The van der Waals surface area contributed by atoms with Crippen LogP contribution in [0.5, 0.6) is 0 Å². The lowest BCUT2D eigenvalue weighted by Gasteiger charge is -2.19. The Morgan fingerprint density at radius 3 is 1.92 bits per heavy atom. The van der Waals surface area contributed by atoms with Gasteiger partial charge in [0.1, 0.15) is 0 Å². The molecule has 0 heterocycles. The zero-order valence-corrected chi connectivity index (χ0v) is 6.12. The van der Waals surface area contributed by atoms with Crippen LogP contribution in [-0.2, 0) is 0 Å². The molecule has 1 nitrogen and oxygen atoms in total. The van der Waals surface area contributed by atoms with E-state index in [0.29, 0.717) is 13.0 Å². The Hall–Kier alpha value is -0.650. The molecule has 0 saturated heterocycles. The summed E-state index contributed by atoms with van der Waals surface area (Å²) in [6.45, 7) is -0.221.